The highest BCUT2D eigenvalue weighted by Crippen LogP contribution is 2.30. The normalized spacial score (nSPS) is 18.3. The summed E-state index contributed by atoms with van der Waals surface area (Å²) in [6, 6.07) is 19.3. The Balaban J connectivity index is 1.60. The first-order valence-electron chi connectivity index (χ1n) is 13.8. The van der Waals surface area contributed by atoms with E-state index in [2.05, 4.69) is 9.62 Å². The van der Waals surface area contributed by atoms with Crippen LogP contribution in [-0.4, -0.2) is 79.2 Å². The zero-order valence-electron chi connectivity index (χ0n) is 23.9. The Morgan fingerprint density at radius 3 is 2.45 bits per heavy atom. The predicted octanol–water partition coefficient (Wildman–Crippen LogP) is 3.47. The largest absolute Gasteiger partial charge is 0.488 e. The molecule has 1 aliphatic rings. The molecular formula is C31H37N3O7S. The van der Waals surface area contributed by atoms with Gasteiger partial charge in [0.15, 0.2) is 0 Å². The van der Waals surface area contributed by atoms with Crippen LogP contribution in [0.3, 0.4) is 0 Å². The standard InChI is InChI=1S/C31H37N3O7S/c1-21-17-34(22(2)20-35)30(36)16-25-15-26(32-42(39,40)27-7-5-4-6-8-27)13-14-28(25)41-29(21)19-33(3)18-23-9-11-24(12-10-23)31(37)38/h4-15,21-22,29,32,35H,16-20H2,1-3H3,(H,37,38)/t21-,22+,29+/m1/s1. The number of nitrogens with one attached hydrogen (secondary N) is 1. The van der Waals surface area contributed by atoms with E-state index < -0.39 is 22.0 Å². The van der Waals surface area contributed by atoms with Gasteiger partial charge in [-0.2, -0.15) is 0 Å². The Hall–Kier alpha value is -3.93. The lowest BCUT2D eigenvalue weighted by atomic mass is 10.0. The van der Waals surface area contributed by atoms with E-state index in [9.17, 15) is 28.2 Å². The minimum Gasteiger partial charge on any atom is -0.488 e. The number of rotatable bonds is 10. The summed E-state index contributed by atoms with van der Waals surface area (Å²) in [5.74, 6) is -0.792. The van der Waals surface area contributed by atoms with E-state index in [1.54, 1.807) is 72.5 Å². The number of aromatic carboxylic acids is 1. The van der Waals surface area contributed by atoms with Crippen LogP contribution in [0.15, 0.2) is 77.7 Å². The Labute approximate surface area is 246 Å². The minimum absolute atomic E-state index is 0.0220. The molecule has 4 rings (SSSR count). The molecule has 1 amide bonds. The van der Waals surface area contributed by atoms with E-state index in [1.807, 2.05) is 14.0 Å². The van der Waals surface area contributed by atoms with Gasteiger partial charge in [0, 0.05) is 36.8 Å². The van der Waals surface area contributed by atoms with Crippen molar-refractivity contribution in [2.75, 3.05) is 31.5 Å². The lowest BCUT2D eigenvalue weighted by Gasteiger charge is -2.34. The first-order chi connectivity index (χ1) is 20.0. The average molecular weight is 596 g/mol. The van der Waals surface area contributed by atoms with Gasteiger partial charge < -0.3 is 19.8 Å². The summed E-state index contributed by atoms with van der Waals surface area (Å²) >= 11 is 0. The van der Waals surface area contributed by atoms with Gasteiger partial charge in [-0.05, 0) is 62.0 Å². The molecule has 0 bridgehead atoms. The third-order valence-corrected chi connectivity index (χ3v) is 8.76. The third-order valence-electron chi connectivity index (χ3n) is 7.37. The fourth-order valence-electron chi connectivity index (χ4n) is 4.96. The van der Waals surface area contributed by atoms with Gasteiger partial charge >= 0.3 is 5.97 Å². The predicted molar refractivity (Wildman–Crippen MR) is 159 cm³/mol. The van der Waals surface area contributed by atoms with E-state index in [4.69, 9.17) is 4.74 Å². The molecule has 224 valence electrons. The van der Waals surface area contributed by atoms with Crippen molar-refractivity contribution in [1.29, 1.82) is 0 Å². The minimum atomic E-state index is -3.84. The van der Waals surface area contributed by atoms with Crippen LogP contribution in [0.4, 0.5) is 5.69 Å². The number of hydrogen-bond acceptors (Lipinski definition) is 7. The number of aliphatic hydroxyl groups is 1. The number of benzene rings is 3. The molecule has 1 aliphatic heterocycles. The fourth-order valence-corrected chi connectivity index (χ4v) is 6.03. The number of nitrogens with zero attached hydrogens (tertiary/aromatic N) is 2. The maximum atomic E-state index is 13.5. The van der Waals surface area contributed by atoms with E-state index in [-0.39, 0.29) is 41.4 Å². The van der Waals surface area contributed by atoms with Gasteiger partial charge in [0.05, 0.1) is 29.5 Å². The zero-order valence-corrected chi connectivity index (χ0v) is 24.8. The van der Waals surface area contributed by atoms with Crippen LogP contribution in [-0.2, 0) is 27.8 Å². The molecule has 1 heterocycles. The Morgan fingerprint density at radius 2 is 1.81 bits per heavy atom. The van der Waals surface area contributed by atoms with E-state index in [1.165, 1.54) is 12.1 Å². The smallest absolute Gasteiger partial charge is 0.335 e. The van der Waals surface area contributed by atoms with Gasteiger partial charge in [-0.1, -0.05) is 37.3 Å². The molecule has 0 fully saturated rings. The number of amides is 1. The van der Waals surface area contributed by atoms with Gasteiger partial charge in [0.1, 0.15) is 11.9 Å². The molecule has 3 N–H and O–H groups in total. The molecule has 42 heavy (non-hydrogen) atoms. The summed E-state index contributed by atoms with van der Waals surface area (Å²) in [6.45, 7) is 5.01. The lowest BCUT2D eigenvalue weighted by molar-refractivity contribution is -0.134. The van der Waals surface area contributed by atoms with Crippen LogP contribution < -0.4 is 9.46 Å². The molecule has 0 aromatic heterocycles. The number of carbonyl (C=O) groups excluding carboxylic acids is 1. The molecule has 3 aromatic carbocycles. The first-order valence-corrected chi connectivity index (χ1v) is 15.2. The fraction of sp³-hybridized carbons (Fsp3) is 0.355. The number of likely N-dealkylation sites (N-methyl/N-ethyl adjacent to an activating group) is 1. The van der Waals surface area contributed by atoms with Crippen LogP contribution in [0.5, 0.6) is 5.75 Å². The van der Waals surface area contributed by atoms with E-state index in [0.717, 1.165) is 5.56 Å². The van der Waals surface area contributed by atoms with Crippen molar-refractivity contribution < 1.29 is 33.0 Å². The number of carboxylic acids is 1. The highest BCUT2D eigenvalue weighted by Gasteiger charge is 2.31. The molecule has 0 radical (unpaired) electrons. The molecule has 0 saturated heterocycles. The number of anilines is 1. The molecular weight excluding hydrogens is 558 g/mol. The Kier molecular flexibility index (Phi) is 9.87. The number of carbonyl (C=O) groups is 2. The van der Waals surface area contributed by atoms with Gasteiger partial charge in [0.2, 0.25) is 5.91 Å². The summed E-state index contributed by atoms with van der Waals surface area (Å²) < 4.78 is 35.0. The molecule has 10 nitrogen and oxygen atoms in total. The number of sulfonamides is 1. The van der Waals surface area contributed by atoms with Crippen LogP contribution in [0, 0.1) is 5.92 Å². The van der Waals surface area contributed by atoms with Gasteiger partial charge in [-0.25, -0.2) is 13.2 Å². The Morgan fingerprint density at radius 1 is 1.12 bits per heavy atom. The molecule has 0 aliphatic carbocycles. The topological polar surface area (TPSA) is 136 Å². The second-order valence-electron chi connectivity index (χ2n) is 10.8. The number of ether oxygens (including phenoxy) is 1. The van der Waals surface area contributed by atoms with Gasteiger partial charge in [0.25, 0.3) is 10.0 Å². The second-order valence-corrected chi connectivity index (χ2v) is 12.5. The van der Waals surface area contributed by atoms with E-state index >= 15 is 0 Å². The van der Waals surface area contributed by atoms with Crippen molar-refractivity contribution in [3.8, 4) is 5.75 Å². The van der Waals surface area contributed by atoms with Crippen LogP contribution >= 0.6 is 0 Å². The molecule has 3 atom stereocenters. The molecule has 11 heteroatoms. The first kappa shape index (κ1) is 31.0. The highest BCUT2D eigenvalue weighted by atomic mass is 32.2. The van der Waals surface area contributed by atoms with Crippen molar-refractivity contribution >= 4 is 27.6 Å². The lowest BCUT2D eigenvalue weighted by Crippen LogP contribution is -2.47. The molecule has 0 unspecified atom stereocenters. The van der Waals surface area contributed by atoms with Crippen LogP contribution in [0.25, 0.3) is 0 Å². The Bertz CT molecular complexity index is 1500. The summed E-state index contributed by atoms with van der Waals surface area (Å²) in [6.07, 6.45) is -0.371. The maximum Gasteiger partial charge on any atom is 0.335 e. The average Bonchev–Trinajstić information content (AvgIpc) is 3.00. The molecule has 0 spiro atoms. The maximum absolute atomic E-state index is 13.5. The second kappa shape index (κ2) is 13.4. The number of aliphatic hydroxyl groups excluding tert-OH is 1. The SMILES string of the molecule is C[C@@H]1CN([C@@H](C)CO)C(=O)Cc2cc(NS(=O)(=O)c3ccccc3)ccc2O[C@H]1CN(C)Cc1ccc(C(=O)O)cc1. The quantitative estimate of drug-likeness (QED) is 0.324. The van der Waals surface area contributed by atoms with Crippen LogP contribution in [0.1, 0.15) is 35.3 Å². The van der Waals surface area contributed by atoms with E-state index in [0.29, 0.717) is 36.6 Å². The summed E-state index contributed by atoms with van der Waals surface area (Å²) in [5.41, 5.74) is 2.01. The monoisotopic (exact) mass is 595 g/mol. The highest BCUT2D eigenvalue weighted by molar-refractivity contribution is 7.92. The summed E-state index contributed by atoms with van der Waals surface area (Å²) in [7, 11) is -1.90. The van der Waals surface area contributed by atoms with Gasteiger partial charge in [-0.15, -0.1) is 0 Å². The molecule has 3 aromatic rings. The van der Waals surface area contributed by atoms with Crippen molar-refractivity contribution in [2.24, 2.45) is 5.92 Å². The zero-order chi connectivity index (χ0) is 30.4. The third kappa shape index (κ3) is 7.67. The van der Waals surface area contributed by atoms with Crippen LogP contribution in [0.2, 0.25) is 0 Å². The summed E-state index contributed by atoms with van der Waals surface area (Å²) in [5, 5.41) is 19.1. The van der Waals surface area contributed by atoms with Gasteiger partial charge in [-0.3, -0.25) is 14.4 Å². The van der Waals surface area contributed by atoms with Crippen molar-refractivity contribution in [3.05, 3.63) is 89.5 Å². The number of carboxylic acid groups (broad SMARTS) is 1. The molecule has 0 saturated carbocycles. The number of fused-ring (bicyclic) bond motifs is 1. The van der Waals surface area contributed by atoms with Crippen molar-refractivity contribution in [1.82, 2.24) is 9.80 Å². The number of hydrogen-bond donors (Lipinski definition) is 3. The summed E-state index contributed by atoms with van der Waals surface area (Å²) in [4.78, 5) is 28.5. The van der Waals surface area contributed by atoms with Crippen molar-refractivity contribution in [2.45, 2.75) is 43.9 Å². The van der Waals surface area contributed by atoms with Crippen molar-refractivity contribution in [3.63, 3.8) is 0 Å².